The van der Waals surface area contributed by atoms with E-state index in [1.165, 1.54) is 11.6 Å². The van der Waals surface area contributed by atoms with Crippen molar-refractivity contribution in [3.05, 3.63) is 41.8 Å². The topological polar surface area (TPSA) is 39.2 Å². The summed E-state index contributed by atoms with van der Waals surface area (Å²) in [6.45, 7) is 2.32. The van der Waals surface area contributed by atoms with Crippen molar-refractivity contribution in [3.8, 4) is 0 Å². The quantitative estimate of drug-likeness (QED) is 0.747. The number of hydrogen-bond acceptors (Lipinski definition) is 3. The summed E-state index contributed by atoms with van der Waals surface area (Å²) in [5, 5.41) is 0.954. The first kappa shape index (κ1) is 16.5. The molecule has 4 rings (SSSR count). The zero-order valence-corrected chi connectivity index (χ0v) is 14.6. The fourth-order valence-electron chi connectivity index (χ4n) is 5.11. The Bertz CT molecular complexity index is 777. The van der Waals surface area contributed by atoms with E-state index in [1.807, 2.05) is 13.1 Å². The molecule has 3 nitrogen and oxygen atoms in total. The third kappa shape index (κ3) is 3.26. The minimum atomic E-state index is -0.200. The second-order valence-electron chi connectivity index (χ2n) is 7.60. The lowest BCUT2D eigenvalue weighted by Gasteiger charge is -2.16. The highest BCUT2D eigenvalue weighted by Crippen LogP contribution is 2.53. The number of carbonyl (C=O) groups excluding carboxylic acids is 1. The van der Waals surface area contributed by atoms with Gasteiger partial charge in [-0.15, -0.1) is 0 Å². The third-order valence-corrected chi connectivity index (χ3v) is 6.05. The average molecular weight is 341 g/mol. The van der Waals surface area contributed by atoms with Crippen molar-refractivity contribution in [2.75, 3.05) is 6.61 Å². The van der Waals surface area contributed by atoms with Gasteiger partial charge in [0.2, 0.25) is 0 Å². The highest BCUT2D eigenvalue weighted by atomic mass is 19.1. The lowest BCUT2D eigenvalue weighted by Crippen LogP contribution is -2.10. The molecule has 0 radical (unpaired) electrons. The molecule has 0 saturated heterocycles. The fourth-order valence-corrected chi connectivity index (χ4v) is 5.11. The predicted molar refractivity (Wildman–Crippen MR) is 94.6 cm³/mol. The van der Waals surface area contributed by atoms with Gasteiger partial charge in [0, 0.05) is 18.0 Å². The van der Waals surface area contributed by atoms with Crippen molar-refractivity contribution in [2.45, 2.75) is 44.9 Å². The van der Waals surface area contributed by atoms with Crippen LogP contribution in [0.25, 0.3) is 10.9 Å². The van der Waals surface area contributed by atoms with E-state index in [2.05, 4.69) is 11.1 Å². The van der Waals surface area contributed by atoms with Crippen LogP contribution in [0.2, 0.25) is 0 Å². The Kier molecular flexibility index (Phi) is 4.45. The van der Waals surface area contributed by atoms with E-state index in [0.717, 1.165) is 36.6 Å². The van der Waals surface area contributed by atoms with Gasteiger partial charge in [-0.05, 0) is 86.1 Å². The minimum Gasteiger partial charge on any atom is -0.466 e. The van der Waals surface area contributed by atoms with E-state index in [1.54, 1.807) is 12.1 Å². The second kappa shape index (κ2) is 6.74. The molecule has 132 valence electrons. The van der Waals surface area contributed by atoms with Crippen LogP contribution >= 0.6 is 0 Å². The van der Waals surface area contributed by atoms with Gasteiger partial charge in [-0.1, -0.05) is 0 Å². The lowest BCUT2D eigenvalue weighted by atomic mass is 9.90. The predicted octanol–water partition coefficient (Wildman–Crippen LogP) is 4.85. The SMILES string of the molecule is CCOC(=O)C[C@H]1C[C@H]2CC(c3ccnc4ccc(F)cc34)C[C@H]2C1. The summed E-state index contributed by atoms with van der Waals surface area (Å²) >= 11 is 0. The van der Waals surface area contributed by atoms with Crippen LogP contribution in [0.4, 0.5) is 4.39 Å². The van der Waals surface area contributed by atoms with Gasteiger partial charge in [-0.3, -0.25) is 9.78 Å². The number of halogens is 1. The number of aromatic nitrogens is 1. The Morgan fingerprint density at radius 2 is 1.96 bits per heavy atom. The number of nitrogens with zero attached hydrogens (tertiary/aromatic N) is 1. The number of carbonyl (C=O) groups is 1. The first-order valence-electron chi connectivity index (χ1n) is 9.33. The molecule has 1 unspecified atom stereocenters. The Balaban J connectivity index is 1.47. The summed E-state index contributed by atoms with van der Waals surface area (Å²) in [5.41, 5.74) is 2.11. The normalized spacial score (nSPS) is 28.2. The van der Waals surface area contributed by atoms with Crippen molar-refractivity contribution >= 4 is 16.9 Å². The monoisotopic (exact) mass is 341 g/mol. The molecule has 0 bridgehead atoms. The summed E-state index contributed by atoms with van der Waals surface area (Å²) < 4.78 is 18.8. The number of pyridine rings is 1. The molecule has 2 aliphatic rings. The highest BCUT2D eigenvalue weighted by Gasteiger charge is 2.42. The maximum absolute atomic E-state index is 13.7. The molecule has 0 N–H and O–H groups in total. The molecule has 2 aromatic rings. The Hall–Kier alpha value is -1.97. The molecule has 0 aliphatic heterocycles. The van der Waals surface area contributed by atoms with Crippen LogP contribution in [0.15, 0.2) is 30.5 Å². The van der Waals surface area contributed by atoms with Gasteiger partial charge in [-0.2, -0.15) is 0 Å². The van der Waals surface area contributed by atoms with Crippen LogP contribution in [-0.4, -0.2) is 17.6 Å². The zero-order chi connectivity index (χ0) is 17.4. The van der Waals surface area contributed by atoms with E-state index in [4.69, 9.17) is 4.74 Å². The molecular formula is C21H24FNO2. The molecule has 1 heterocycles. The van der Waals surface area contributed by atoms with E-state index < -0.39 is 0 Å². The Morgan fingerprint density at radius 3 is 2.68 bits per heavy atom. The van der Waals surface area contributed by atoms with Gasteiger partial charge in [-0.25, -0.2) is 4.39 Å². The Labute approximate surface area is 147 Å². The number of fused-ring (bicyclic) bond motifs is 2. The van der Waals surface area contributed by atoms with Crippen LogP contribution in [0.1, 0.15) is 50.5 Å². The number of rotatable bonds is 4. The van der Waals surface area contributed by atoms with E-state index >= 15 is 0 Å². The van der Waals surface area contributed by atoms with Gasteiger partial charge in [0.15, 0.2) is 0 Å². The smallest absolute Gasteiger partial charge is 0.306 e. The Morgan fingerprint density at radius 1 is 1.20 bits per heavy atom. The highest BCUT2D eigenvalue weighted by molar-refractivity contribution is 5.82. The van der Waals surface area contributed by atoms with E-state index in [9.17, 15) is 9.18 Å². The number of benzene rings is 1. The maximum atomic E-state index is 13.7. The zero-order valence-electron chi connectivity index (χ0n) is 14.6. The molecule has 0 spiro atoms. The standard InChI is InChI=1S/C21H24FNO2/c1-2-25-21(24)9-13-7-14-10-16(11-15(14)8-13)18-5-6-23-20-4-3-17(22)12-19(18)20/h3-6,12-16H,2,7-11H2,1H3/t13-,14-,15+,16?. The molecule has 1 aromatic heterocycles. The van der Waals surface area contributed by atoms with Crippen molar-refractivity contribution in [1.82, 2.24) is 4.98 Å². The molecule has 4 heteroatoms. The minimum absolute atomic E-state index is 0.0559. The molecule has 0 amide bonds. The van der Waals surface area contributed by atoms with Crippen LogP contribution in [0.5, 0.6) is 0 Å². The van der Waals surface area contributed by atoms with Crippen LogP contribution in [0, 0.1) is 23.6 Å². The van der Waals surface area contributed by atoms with Crippen LogP contribution < -0.4 is 0 Å². The molecule has 1 aromatic carbocycles. The lowest BCUT2D eigenvalue weighted by molar-refractivity contribution is -0.144. The van der Waals surface area contributed by atoms with Crippen molar-refractivity contribution in [1.29, 1.82) is 0 Å². The van der Waals surface area contributed by atoms with E-state index in [0.29, 0.717) is 36.7 Å². The van der Waals surface area contributed by atoms with Gasteiger partial charge >= 0.3 is 5.97 Å². The first-order chi connectivity index (χ1) is 12.1. The summed E-state index contributed by atoms with van der Waals surface area (Å²) in [4.78, 5) is 16.1. The molecule has 25 heavy (non-hydrogen) atoms. The third-order valence-electron chi connectivity index (χ3n) is 6.05. The van der Waals surface area contributed by atoms with Crippen molar-refractivity contribution < 1.29 is 13.9 Å². The average Bonchev–Trinajstić information content (AvgIpc) is 3.12. The van der Waals surface area contributed by atoms with Crippen LogP contribution in [0.3, 0.4) is 0 Å². The van der Waals surface area contributed by atoms with Crippen molar-refractivity contribution in [3.63, 3.8) is 0 Å². The van der Waals surface area contributed by atoms with Crippen LogP contribution in [-0.2, 0) is 9.53 Å². The molecule has 2 saturated carbocycles. The second-order valence-corrected chi connectivity index (χ2v) is 7.60. The number of ether oxygens (including phenoxy) is 1. The van der Waals surface area contributed by atoms with Crippen molar-refractivity contribution in [2.24, 2.45) is 17.8 Å². The van der Waals surface area contributed by atoms with E-state index in [-0.39, 0.29) is 11.8 Å². The fraction of sp³-hybridized carbons (Fsp3) is 0.524. The summed E-state index contributed by atoms with van der Waals surface area (Å²) in [7, 11) is 0. The number of esters is 1. The van der Waals surface area contributed by atoms with Gasteiger partial charge < -0.3 is 4.74 Å². The first-order valence-corrected chi connectivity index (χ1v) is 9.33. The molecular weight excluding hydrogens is 317 g/mol. The molecule has 2 fully saturated rings. The summed E-state index contributed by atoms with van der Waals surface area (Å²) in [5.74, 6) is 2.06. The molecule has 4 atom stereocenters. The molecule has 2 aliphatic carbocycles. The summed E-state index contributed by atoms with van der Waals surface area (Å²) in [6, 6.07) is 6.92. The van der Waals surface area contributed by atoms with Gasteiger partial charge in [0.25, 0.3) is 0 Å². The maximum Gasteiger partial charge on any atom is 0.306 e. The largest absolute Gasteiger partial charge is 0.466 e. The van der Waals surface area contributed by atoms with Gasteiger partial charge in [0.05, 0.1) is 12.1 Å². The summed E-state index contributed by atoms with van der Waals surface area (Å²) in [6.07, 6.45) is 6.93. The number of hydrogen-bond donors (Lipinski definition) is 0. The van der Waals surface area contributed by atoms with Gasteiger partial charge in [0.1, 0.15) is 5.82 Å².